The van der Waals surface area contributed by atoms with Gasteiger partial charge in [-0.05, 0) is 12.8 Å². The van der Waals surface area contributed by atoms with E-state index in [0.29, 0.717) is 0 Å². The SMILES string of the molecule is C=CC(=O)OC(OC(=O)C=C)(C(CC)CCCC)C(C)(C)C. The first kappa shape index (κ1) is 20.4. The standard InChI is InChI=1S/C18H30O4/c1-8-12-13-14(9-2)18(17(5,6)7,21-15(19)10-3)22-16(20)11-4/h10-11,14H,3-4,8-9,12-13H2,1-2,5-7H3. The highest BCUT2D eigenvalue weighted by atomic mass is 16.7. The van der Waals surface area contributed by atoms with Crippen LogP contribution in [0.4, 0.5) is 0 Å². The van der Waals surface area contributed by atoms with Crippen LogP contribution in [0.5, 0.6) is 0 Å². The first-order chi connectivity index (χ1) is 10.2. The predicted molar refractivity (Wildman–Crippen MR) is 88.1 cm³/mol. The topological polar surface area (TPSA) is 52.6 Å². The number of unbranched alkanes of at least 4 members (excludes halogenated alkanes) is 1. The molecular weight excluding hydrogens is 280 g/mol. The Bertz CT molecular complexity index is 382. The van der Waals surface area contributed by atoms with E-state index in [4.69, 9.17) is 9.47 Å². The van der Waals surface area contributed by atoms with Gasteiger partial charge in [0.15, 0.2) is 0 Å². The maximum atomic E-state index is 11.9. The van der Waals surface area contributed by atoms with E-state index in [-0.39, 0.29) is 5.92 Å². The monoisotopic (exact) mass is 310 g/mol. The quantitative estimate of drug-likeness (QED) is 0.360. The van der Waals surface area contributed by atoms with Crippen molar-refractivity contribution in [3.8, 4) is 0 Å². The summed E-state index contributed by atoms with van der Waals surface area (Å²) >= 11 is 0. The first-order valence-electron chi connectivity index (χ1n) is 7.89. The van der Waals surface area contributed by atoms with Gasteiger partial charge in [0.25, 0.3) is 5.79 Å². The minimum Gasteiger partial charge on any atom is -0.418 e. The highest BCUT2D eigenvalue weighted by molar-refractivity contribution is 5.83. The molecule has 4 nitrogen and oxygen atoms in total. The molecule has 0 amide bonds. The van der Waals surface area contributed by atoms with Gasteiger partial charge in [0, 0.05) is 23.5 Å². The molecule has 0 spiro atoms. The normalized spacial score (nSPS) is 13.1. The summed E-state index contributed by atoms with van der Waals surface area (Å²) in [6.45, 7) is 16.7. The van der Waals surface area contributed by atoms with E-state index in [0.717, 1.165) is 37.8 Å². The Hall–Kier alpha value is -1.58. The van der Waals surface area contributed by atoms with Gasteiger partial charge < -0.3 is 9.47 Å². The molecule has 0 aliphatic carbocycles. The van der Waals surface area contributed by atoms with Gasteiger partial charge in [0.2, 0.25) is 0 Å². The molecule has 0 heterocycles. The number of hydrogen-bond acceptors (Lipinski definition) is 4. The third kappa shape index (κ3) is 5.00. The zero-order valence-electron chi connectivity index (χ0n) is 14.6. The van der Waals surface area contributed by atoms with Crippen LogP contribution in [0.25, 0.3) is 0 Å². The molecule has 0 saturated carbocycles. The summed E-state index contributed by atoms with van der Waals surface area (Å²) in [5.41, 5.74) is -0.585. The maximum absolute atomic E-state index is 11.9. The lowest BCUT2D eigenvalue weighted by Crippen LogP contribution is -2.55. The van der Waals surface area contributed by atoms with Crippen LogP contribution in [0.15, 0.2) is 25.3 Å². The lowest BCUT2D eigenvalue weighted by atomic mass is 9.74. The summed E-state index contributed by atoms with van der Waals surface area (Å²) in [7, 11) is 0. The summed E-state index contributed by atoms with van der Waals surface area (Å²) in [6, 6.07) is 0. The molecule has 0 rings (SSSR count). The molecule has 1 atom stereocenters. The van der Waals surface area contributed by atoms with E-state index < -0.39 is 23.1 Å². The fourth-order valence-electron chi connectivity index (χ4n) is 2.60. The zero-order valence-corrected chi connectivity index (χ0v) is 14.6. The van der Waals surface area contributed by atoms with Gasteiger partial charge in [-0.2, -0.15) is 0 Å². The summed E-state index contributed by atoms with van der Waals surface area (Å²) in [6.07, 6.45) is 5.70. The molecule has 22 heavy (non-hydrogen) atoms. The average molecular weight is 310 g/mol. The minimum atomic E-state index is -1.34. The van der Waals surface area contributed by atoms with Crippen molar-refractivity contribution in [1.29, 1.82) is 0 Å². The third-order valence-corrected chi connectivity index (χ3v) is 3.82. The predicted octanol–water partition coefficient (Wildman–Crippen LogP) is 4.40. The molecule has 0 radical (unpaired) electrons. The lowest BCUT2D eigenvalue weighted by molar-refractivity contribution is -0.284. The number of esters is 2. The second-order valence-electron chi connectivity index (χ2n) is 6.42. The van der Waals surface area contributed by atoms with E-state index >= 15 is 0 Å². The largest absolute Gasteiger partial charge is 0.418 e. The van der Waals surface area contributed by atoms with Crippen LogP contribution in [0.3, 0.4) is 0 Å². The first-order valence-corrected chi connectivity index (χ1v) is 7.89. The van der Waals surface area contributed by atoms with Crippen molar-refractivity contribution in [2.24, 2.45) is 11.3 Å². The Morgan fingerprint density at radius 2 is 1.50 bits per heavy atom. The van der Waals surface area contributed by atoms with Crippen molar-refractivity contribution >= 4 is 11.9 Å². The Morgan fingerprint density at radius 3 is 1.77 bits per heavy atom. The van der Waals surface area contributed by atoms with Gasteiger partial charge >= 0.3 is 11.9 Å². The Kier molecular flexibility index (Phi) is 8.13. The minimum absolute atomic E-state index is 0.0970. The van der Waals surface area contributed by atoms with E-state index in [1.165, 1.54) is 0 Å². The van der Waals surface area contributed by atoms with Crippen molar-refractivity contribution in [2.75, 3.05) is 0 Å². The van der Waals surface area contributed by atoms with Gasteiger partial charge in [-0.15, -0.1) is 0 Å². The van der Waals surface area contributed by atoms with Crippen LogP contribution in [-0.4, -0.2) is 17.7 Å². The number of ether oxygens (including phenoxy) is 2. The zero-order chi connectivity index (χ0) is 17.4. The molecule has 126 valence electrons. The van der Waals surface area contributed by atoms with Gasteiger partial charge in [-0.3, -0.25) is 0 Å². The molecule has 0 aromatic heterocycles. The van der Waals surface area contributed by atoms with E-state index in [1.54, 1.807) is 0 Å². The van der Waals surface area contributed by atoms with Crippen molar-refractivity contribution in [3.05, 3.63) is 25.3 Å². The molecule has 0 aromatic rings. The molecule has 0 N–H and O–H groups in total. The molecule has 0 saturated heterocycles. The van der Waals surface area contributed by atoms with Crippen LogP contribution in [0.1, 0.15) is 60.3 Å². The summed E-state index contributed by atoms with van der Waals surface area (Å²) < 4.78 is 11.3. The van der Waals surface area contributed by atoms with Crippen LogP contribution in [-0.2, 0) is 19.1 Å². The van der Waals surface area contributed by atoms with E-state index in [1.807, 2.05) is 27.7 Å². The Labute approximate surface area is 134 Å². The van der Waals surface area contributed by atoms with E-state index in [2.05, 4.69) is 20.1 Å². The summed E-state index contributed by atoms with van der Waals surface area (Å²) in [5, 5.41) is 0. The summed E-state index contributed by atoms with van der Waals surface area (Å²) in [4.78, 5) is 23.8. The van der Waals surface area contributed by atoms with Crippen molar-refractivity contribution in [2.45, 2.75) is 66.1 Å². The van der Waals surface area contributed by atoms with Crippen LogP contribution in [0, 0.1) is 11.3 Å². The van der Waals surface area contributed by atoms with Crippen LogP contribution < -0.4 is 0 Å². The average Bonchev–Trinajstić information content (AvgIpc) is 2.45. The molecule has 0 aliphatic heterocycles. The molecule has 0 fully saturated rings. The van der Waals surface area contributed by atoms with Crippen molar-refractivity contribution in [1.82, 2.24) is 0 Å². The fourth-order valence-corrected chi connectivity index (χ4v) is 2.60. The van der Waals surface area contributed by atoms with Crippen LogP contribution >= 0.6 is 0 Å². The lowest BCUT2D eigenvalue weighted by Gasteiger charge is -2.47. The number of hydrogen-bond donors (Lipinski definition) is 0. The fraction of sp³-hybridized carbons (Fsp3) is 0.667. The molecule has 4 heteroatoms. The second kappa shape index (κ2) is 8.76. The molecule has 0 aliphatic rings. The smallest absolute Gasteiger partial charge is 0.333 e. The van der Waals surface area contributed by atoms with Crippen molar-refractivity contribution in [3.63, 3.8) is 0 Å². The molecule has 0 aromatic carbocycles. The Balaban J connectivity index is 5.89. The van der Waals surface area contributed by atoms with Crippen LogP contribution in [0.2, 0.25) is 0 Å². The Morgan fingerprint density at radius 1 is 1.05 bits per heavy atom. The highest BCUT2D eigenvalue weighted by Gasteiger charge is 2.54. The maximum Gasteiger partial charge on any atom is 0.333 e. The summed E-state index contributed by atoms with van der Waals surface area (Å²) in [5.74, 6) is -2.63. The van der Waals surface area contributed by atoms with Crippen molar-refractivity contribution < 1.29 is 19.1 Å². The number of carbonyl (C=O) groups is 2. The van der Waals surface area contributed by atoms with Gasteiger partial charge in [-0.1, -0.05) is 60.6 Å². The molecule has 0 bridgehead atoms. The number of rotatable bonds is 9. The highest BCUT2D eigenvalue weighted by Crippen LogP contribution is 2.45. The van der Waals surface area contributed by atoms with Gasteiger partial charge in [-0.25, -0.2) is 9.59 Å². The number of carbonyl (C=O) groups excluding carboxylic acids is 2. The third-order valence-electron chi connectivity index (χ3n) is 3.82. The molecular formula is C18H30O4. The second-order valence-corrected chi connectivity index (χ2v) is 6.42. The van der Waals surface area contributed by atoms with Gasteiger partial charge in [0.05, 0.1) is 0 Å². The molecule has 1 unspecified atom stereocenters. The van der Waals surface area contributed by atoms with Gasteiger partial charge in [0.1, 0.15) is 0 Å². The van der Waals surface area contributed by atoms with E-state index in [9.17, 15) is 9.59 Å².